The molecule has 1 aliphatic heterocycles. The van der Waals surface area contributed by atoms with Crippen molar-refractivity contribution < 1.29 is 9.59 Å². The summed E-state index contributed by atoms with van der Waals surface area (Å²) in [6.45, 7) is 0. The van der Waals surface area contributed by atoms with Gasteiger partial charge in [-0.25, -0.2) is 0 Å². The minimum Gasteiger partial charge on any atom is -0.296 e. The van der Waals surface area contributed by atoms with E-state index in [-0.39, 0.29) is 11.8 Å². The third-order valence-electron chi connectivity index (χ3n) is 4.28. The van der Waals surface area contributed by atoms with Crippen LogP contribution < -0.4 is 5.32 Å². The summed E-state index contributed by atoms with van der Waals surface area (Å²) in [4.78, 5) is 23.2. The van der Waals surface area contributed by atoms with Gasteiger partial charge >= 0.3 is 0 Å². The first kappa shape index (κ1) is 10.8. The average Bonchev–Trinajstić information content (AvgIpc) is 2.68. The Bertz CT molecular complexity index is 422. The lowest BCUT2D eigenvalue weighted by Crippen LogP contribution is -2.32. The molecule has 0 spiro atoms. The summed E-state index contributed by atoms with van der Waals surface area (Å²) in [6, 6.07) is 0. The molecule has 0 aromatic rings. The molecule has 1 saturated carbocycles. The van der Waals surface area contributed by atoms with Gasteiger partial charge < -0.3 is 0 Å². The van der Waals surface area contributed by atoms with Gasteiger partial charge in [-0.1, -0.05) is 23.8 Å². The molecule has 1 N–H and O–H groups in total. The van der Waals surface area contributed by atoms with Crippen LogP contribution in [-0.2, 0) is 9.59 Å². The molecule has 90 valence electrons. The molecule has 4 bridgehead atoms. The minimum absolute atomic E-state index is 0.101. The van der Waals surface area contributed by atoms with Crippen molar-refractivity contribution in [3.63, 3.8) is 0 Å². The Kier molecular flexibility index (Phi) is 2.61. The molecule has 1 fully saturated rings. The third kappa shape index (κ3) is 2.06. The fraction of sp³-hybridized carbons (Fsp3) is 0.571. The number of fused-ring (bicyclic) bond motifs is 7. The number of nitrogens with one attached hydrogen (secondary N) is 1. The summed E-state index contributed by atoms with van der Waals surface area (Å²) in [5.41, 5.74) is 1.40. The number of carbonyl (C=O) groups excluding carboxylic acids is 2. The lowest BCUT2D eigenvalue weighted by molar-refractivity contribution is -0.130. The van der Waals surface area contributed by atoms with Crippen LogP contribution in [0.4, 0.5) is 0 Å². The highest BCUT2D eigenvalue weighted by Gasteiger charge is 2.33. The van der Waals surface area contributed by atoms with Crippen molar-refractivity contribution in [1.82, 2.24) is 5.32 Å². The van der Waals surface area contributed by atoms with E-state index in [2.05, 4.69) is 17.5 Å². The topological polar surface area (TPSA) is 46.2 Å². The van der Waals surface area contributed by atoms with E-state index in [9.17, 15) is 9.59 Å². The molecule has 3 atom stereocenters. The molecule has 0 aromatic heterocycles. The zero-order valence-electron chi connectivity index (χ0n) is 9.82. The van der Waals surface area contributed by atoms with Crippen LogP contribution in [0.3, 0.4) is 0 Å². The molecule has 0 aromatic carbocycles. The standard InChI is InChI=1S/C14H17NO2/c16-13-6-5-9-1-2-12(8-14(17)15-13)11-4-3-10(9)7-11/h3-5,10-12H,1-2,6-8H2,(H,15,16,17)/b9-5-. The van der Waals surface area contributed by atoms with Gasteiger partial charge in [0.15, 0.2) is 0 Å². The van der Waals surface area contributed by atoms with Crippen molar-refractivity contribution in [2.45, 2.75) is 32.1 Å². The lowest BCUT2D eigenvalue weighted by Gasteiger charge is -2.20. The summed E-state index contributed by atoms with van der Waals surface area (Å²) in [5, 5.41) is 2.48. The van der Waals surface area contributed by atoms with Crippen LogP contribution in [-0.4, -0.2) is 11.8 Å². The van der Waals surface area contributed by atoms with Gasteiger partial charge in [-0.05, 0) is 37.0 Å². The highest BCUT2D eigenvalue weighted by molar-refractivity contribution is 5.95. The van der Waals surface area contributed by atoms with E-state index < -0.39 is 0 Å². The average molecular weight is 231 g/mol. The van der Waals surface area contributed by atoms with Crippen LogP contribution in [0.1, 0.15) is 32.1 Å². The van der Waals surface area contributed by atoms with Crippen molar-refractivity contribution >= 4 is 11.8 Å². The Balaban J connectivity index is 1.95. The summed E-state index contributed by atoms with van der Waals surface area (Å²) < 4.78 is 0. The molecule has 1 heterocycles. The number of rotatable bonds is 0. The van der Waals surface area contributed by atoms with Crippen molar-refractivity contribution in [2.24, 2.45) is 17.8 Å². The summed E-state index contributed by atoms with van der Waals surface area (Å²) in [5.74, 6) is 1.20. The number of amides is 2. The summed E-state index contributed by atoms with van der Waals surface area (Å²) >= 11 is 0. The van der Waals surface area contributed by atoms with Crippen molar-refractivity contribution in [3.8, 4) is 0 Å². The summed E-state index contributed by atoms with van der Waals surface area (Å²) in [6.07, 6.45) is 10.7. The van der Waals surface area contributed by atoms with E-state index in [1.54, 1.807) is 0 Å². The molecule has 3 unspecified atom stereocenters. The second-order valence-electron chi connectivity index (χ2n) is 5.35. The van der Waals surface area contributed by atoms with E-state index in [4.69, 9.17) is 0 Å². The number of allylic oxidation sites excluding steroid dienone is 3. The maximum absolute atomic E-state index is 11.7. The van der Waals surface area contributed by atoms with Gasteiger partial charge in [-0.3, -0.25) is 14.9 Å². The molecule has 3 aliphatic rings. The van der Waals surface area contributed by atoms with Crippen molar-refractivity contribution in [2.75, 3.05) is 0 Å². The lowest BCUT2D eigenvalue weighted by atomic mass is 9.86. The van der Waals surface area contributed by atoms with Gasteiger partial charge in [-0.2, -0.15) is 0 Å². The first-order chi connectivity index (χ1) is 8.22. The fourth-order valence-corrected chi connectivity index (χ4v) is 3.33. The molecule has 0 saturated heterocycles. The monoisotopic (exact) mass is 231 g/mol. The van der Waals surface area contributed by atoms with Crippen LogP contribution in [0, 0.1) is 17.8 Å². The predicted molar refractivity (Wildman–Crippen MR) is 63.9 cm³/mol. The fourth-order valence-electron chi connectivity index (χ4n) is 3.33. The zero-order chi connectivity index (χ0) is 11.8. The second-order valence-corrected chi connectivity index (χ2v) is 5.35. The van der Waals surface area contributed by atoms with E-state index >= 15 is 0 Å². The Morgan fingerprint density at radius 1 is 1.18 bits per heavy atom. The van der Waals surface area contributed by atoms with Gasteiger partial charge in [-0.15, -0.1) is 0 Å². The minimum atomic E-state index is -0.157. The highest BCUT2D eigenvalue weighted by Crippen LogP contribution is 2.43. The largest absolute Gasteiger partial charge is 0.296 e. The van der Waals surface area contributed by atoms with Crippen molar-refractivity contribution in [3.05, 3.63) is 23.8 Å². The Morgan fingerprint density at radius 2 is 2.06 bits per heavy atom. The van der Waals surface area contributed by atoms with E-state index in [1.807, 2.05) is 6.08 Å². The quantitative estimate of drug-likeness (QED) is 0.511. The molecule has 3 heteroatoms. The van der Waals surface area contributed by atoms with Crippen LogP contribution in [0.25, 0.3) is 0 Å². The smallest absolute Gasteiger partial charge is 0.230 e. The molecule has 2 amide bonds. The van der Waals surface area contributed by atoms with Gasteiger partial charge in [0.05, 0.1) is 0 Å². The molecule has 2 aliphatic carbocycles. The molecule has 0 radical (unpaired) electrons. The molecule has 3 rings (SSSR count). The number of hydrogen-bond donors (Lipinski definition) is 1. The van der Waals surface area contributed by atoms with Gasteiger partial charge in [0, 0.05) is 12.8 Å². The van der Waals surface area contributed by atoms with Crippen LogP contribution in [0.2, 0.25) is 0 Å². The van der Waals surface area contributed by atoms with Gasteiger partial charge in [0.1, 0.15) is 0 Å². The summed E-state index contributed by atoms with van der Waals surface area (Å²) in [7, 11) is 0. The maximum atomic E-state index is 11.7. The number of carbonyl (C=O) groups is 2. The van der Waals surface area contributed by atoms with E-state index in [0.29, 0.717) is 30.6 Å². The number of imide groups is 1. The Morgan fingerprint density at radius 3 is 2.94 bits per heavy atom. The molecule has 3 nitrogen and oxygen atoms in total. The van der Waals surface area contributed by atoms with Gasteiger partial charge in [0.2, 0.25) is 11.8 Å². The first-order valence-electron chi connectivity index (χ1n) is 6.42. The van der Waals surface area contributed by atoms with Gasteiger partial charge in [0.25, 0.3) is 0 Å². The first-order valence-corrected chi connectivity index (χ1v) is 6.42. The Labute approximate surface area is 101 Å². The van der Waals surface area contributed by atoms with Crippen LogP contribution >= 0.6 is 0 Å². The van der Waals surface area contributed by atoms with E-state index in [1.165, 1.54) is 5.57 Å². The van der Waals surface area contributed by atoms with E-state index in [0.717, 1.165) is 19.3 Å². The predicted octanol–water partition coefficient (Wildman–Crippen LogP) is 1.95. The highest BCUT2D eigenvalue weighted by atomic mass is 16.2. The second kappa shape index (κ2) is 4.13. The molecule has 17 heavy (non-hydrogen) atoms. The number of hydrogen-bond acceptors (Lipinski definition) is 2. The van der Waals surface area contributed by atoms with Crippen LogP contribution in [0.15, 0.2) is 23.8 Å². The molecular weight excluding hydrogens is 214 g/mol. The Hall–Kier alpha value is -1.38. The molecular formula is C14H17NO2. The maximum Gasteiger partial charge on any atom is 0.230 e. The van der Waals surface area contributed by atoms with Crippen LogP contribution in [0.5, 0.6) is 0 Å². The zero-order valence-corrected chi connectivity index (χ0v) is 9.82. The third-order valence-corrected chi connectivity index (χ3v) is 4.28. The van der Waals surface area contributed by atoms with Crippen molar-refractivity contribution in [1.29, 1.82) is 0 Å². The SMILES string of the molecule is O=C1C/C=C2/CCC(CC(=O)N1)C1C=CC2C1. The normalized spacial score (nSPS) is 39.5.